The van der Waals surface area contributed by atoms with Gasteiger partial charge in [0.2, 0.25) is 0 Å². The van der Waals surface area contributed by atoms with Gasteiger partial charge in [0.05, 0.1) is 5.60 Å². The van der Waals surface area contributed by atoms with Gasteiger partial charge in [-0.15, -0.1) is 0 Å². The second kappa shape index (κ2) is 5.67. The summed E-state index contributed by atoms with van der Waals surface area (Å²) in [5.74, 6) is -0.225. The highest BCUT2D eigenvalue weighted by Crippen LogP contribution is 2.28. The normalized spacial score (nSPS) is 13.5. The van der Waals surface area contributed by atoms with E-state index < -0.39 is 5.60 Å². The lowest BCUT2D eigenvalue weighted by atomic mass is 10.0. The van der Waals surface area contributed by atoms with Gasteiger partial charge >= 0.3 is 0 Å². The molecule has 2 N–H and O–H groups in total. The average molecular weight is 254 g/mol. The maximum atomic E-state index is 14.0. The van der Waals surface area contributed by atoms with E-state index in [0.717, 1.165) is 5.69 Å². The number of aliphatic hydroxyl groups is 1. The molecule has 0 aromatic heterocycles. The van der Waals surface area contributed by atoms with Crippen molar-refractivity contribution in [2.24, 2.45) is 0 Å². The van der Waals surface area contributed by atoms with Crippen molar-refractivity contribution in [3.63, 3.8) is 0 Å². The van der Waals surface area contributed by atoms with Crippen molar-refractivity contribution < 1.29 is 9.50 Å². The lowest BCUT2D eigenvalue weighted by Crippen LogP contribution is -2.37. The van der Waals surface area contributed by atoms with Gasteiger partial charge in [-0.2, -0.15) is 0 Å². The van der Waals surface area contributed by atoms with E-state index in [0.29, 0.717) is 12.1 Å². The highest BCUT2D eigenvalue weighted by atomic mass is 19.1. The Morgan fingerprint density at radius 2 is 2.06 bits per heavy atom. The van der Waals surface area contributed by atoms with Crippen LogP contribution >= 0.6 is 0 Å². The summed E-state index contributed by atoms with van der Waals surface area (Å²) in [7, 11) is 3.66. The van der Waals surface area contributed by atoms with Crippen molar-refractivity contribution in [1.29, 1.82) is 0 Å². The van der Waals surface area contributed by atoms with Crippen LogP contribution in [0.5, 0.6) is 0 Å². The molecule has 0 saturated heterocycles. The third-order valence-electron chi connectivity index (χ3n) is 2.93. The zero-order valence-corrected chi connectivity index (χ0v) is 11.8. The summed E-state index contributed by atoms with van der Waals surface area (Å²) in [6, 6.07) is 4.95. The van der Waals surface area contributed by atoms with E-state index in [4.69, 9.17) is 0 Å². The summed E-state index contributed by atoms with van der Waals surface area (Å²) in [4.78, 5) is 1.88. The van der Waals surface area contributed by atoms with E-state index in [2.05, 4.69) is 5.32 Å². The van der Waals surface area contributed by atoms with Crippen molar-refractivity contribution in [2.75, 3.05) is 25.5 Å². The van der Waals surface area contributed by atoms with Gasteiger partial charge in [0.1, 0.15) is 5.82 Å². The van der Waals surface area contributed by atoms with Gasteiger partial charge in [0, 0.05) is 30.9 Å². The van der Waals surface area contributed by atoms with Crippen LogP contribution in [0, 0.1) is 5.82 Å². The monoisotopic (exact) mass is 254 g/mol. The number of nitrogens with zero attached hydrogens (tertiary/aromatic N) is 1. The highest BCUT2D eigenvalue weighted by molar-refractivity contribution is 5.55. The molecule has 1 unspecified atom stereocenters. The molecule has 0 aliphatic heterocycles. The van der Waals surface area contributed by atoms with Gasteiger partial charge in [-0.05, 0) is 40.0 Å². The Morgan fingerprint density at radius 1 is 1.44 bits per heavy atom. The Bertz CT molecular complexity index is 401. The van der Waals surface area contributed by atoms with Crippen molar-refractivity contribution in [1.82, 2.24) is 5.32 Å². The Morgan fingerprint density at radius 3 is 2.56 bits per heavy atom. The van der Waals surface area contributed by atoms with Crippen LogP contribution in [0.4, 0.5) is 10.1 Å². The molecular formula is C14H23FN2O. The van der Waals surface area contributed by atoms with Gasteiger partial charge in [0.15, 0.2) is 0 Å². The van der Waals surface area contributed by atoms with Crippen LogP contribution in [-0.2, 0) is 0 Å². The number of anilines is 1. The van der Waals surface area contributed by atoms with Crippen molar-refractivity contribution in [3.8, 4) is 0 Å². The third-order valence-corrected chi connectivity index (χ3v) is 2.93. The summed E-state index contributed by atoms with van der Waals surface area (Å²) >= 11 is 0. The molecule has 1 aromatic carbocycles. The molecule has 0 fully saturated rings. The number of benzene rings is 1. The molecular weight excluding hydrogens is 231 g/mol. The van der Waals surface area contributed by atoms with Crippen LogP contribution in [0.3, 0.4) is 0 Å². The molecule has 18 heavy (non-hydrogen) atoms. The van der Waals surface area contributed by atoms with Crippen molar-refractivity contribution >= 4 is 5.69 Å². The minimum Gasteiger partial charge on any atom is -0.389 e. The van der Waals surface area contributed by atoms with Gasteiger partial charge in [-0.1, -0.05) is 6.07 Å². The Kier molecular flexibility index (Phi) is 4.71. The first kappa shape index (κ1) is 14.9. The Balaban J connectivity index is 3.12. The van der Waals surface area contributed by atoms with Crippen LogP contribution in [0.1, 0.15) is 32.4 Å². The van der Waals surface area contributed by atoms with Gasteiger partial charge in [-0.25, -0.2) is 4.39 Å². The molecule has 1 aromatic rings. The van der Waals surface area contributed by atoms with Crippen LogP contribution in [0.2, 0.25) is 0 Å². The van der Waals surface area contributed by atoms with Crippen LogP contribution in [-0.4, -0.2) is 31.3 Å². The number of rotatable bonds is 5. The molecule has 0 saturated carbocycles. The first-order valence-corrected chi connectivity index (χ1v) is 6.15. The van der Waals surface area contributed by atoms with Crippen molar-refractivity contribution in [2.45, 2.75) is 32.4 Å². The summed E-state index contributed by atoms with van der Waals surface area (Å²) in [6.07, 6.45) is 0. The molecule has 0 radical (unpaired) electrons. The van der Waals surface area contributed by atoms with Crippen molar-refractivity contribution in [3.05, 3.63) is 29.6 Å². The molecule has 0 aliphatic rings. The van der Waals surface area contributed by atoms with Gasteiger partial charge in [-0.3, -0.25) is 0 Å². The van der Waals surface area contributed by atoms with Crippen LogP contribution in [0.25, 0.3) is 0 Å². The summed E-state index contributed by atoms with van der Waals surface area (Å²) in [5.41, 5.74) is 0.618. The number of hydrogen-bond acceptors (Lipinski definition) is 3. The summed E-state index contributed by atoms with van der Waals surface area (Å²) < 4.78 is 14.0. The van der Waals surface area contributed by atoms with E-state index in [9.17, 15) is 9.50 Å². The summed E-state index contributed by atoms with van der Waals surface area (Å²) in [6.45, 7) is 5.84. The quantitative estimate of drug-likeness (QED) is 0.846. The maximum absolute atomic E-state index is 14.0. The minimum absolute atomic E-state index is 0.0783. The molecule has 3 nitrogen and oxygen atoms in total. The molecule has 1 atom stereocenters. The van der Waals surface area contributed by atoms with E-state index in [1.165, 1.54) is 6.07 Å². The predicted molar refractivity (Wildman–Crippen MR) is 73.4 cm³/mol. The van der Waals surface area contributed by atoms with E-state index in [1.807, 2.05) is 24.9 Å². The molecule has 0 bridgehead atoms. The zero-order chi connectivity index (χ0) is 13.9. The first-order valence-electron chi connectivity index (χ1n) is 6.15. The standard InChI is InChI=1S/C14H23FN2O/c1-10(16-4)13-11(15)7-6-8-12(13)17(5)9-14(2,3)18/h6-8,10,16,18H,9H2,1-5H3. The third kappa shape index (κ3) is 3.68. The van der Waals surface area contributed by atoms with Gasteiger partial charge in [0.25, 0.3) is 0 Å². The second-order valence-electron chi connectivity index (χ2n) is 5.35. The van der Waals surface area contributed by atoms with Crippen LogP contribution in [0.15, 0.2) is 18.2 Å². The van der Waals surface area contributed by atoms with E-state index >= 15 is 0 Å². The lowest BCUT2D eigenvalue weighted by molar-refractivity contribution is 0.0885. The molecule has 0 heterocycles. The summed E-state index contributed by atoms with van der Waals surface area (Å²) in [5, 5.41) is 12.9. The average Bonchev–Trinajstić information content (AvgIpc) is 2.25. The fourth-order valence-corrected chi connectivity index (χ4v) is 2.10. The number of hydrogen-bond donors (Lipinski definition) is 2. The fraction of sp³-hybridized carbons (Fsp3) is 0.571. The molecule has 0 spiro atoms. The topological polar surface area (TPSA) is 35.5 Å². The highest BCUT2D eigenvalue weighted by Gasteiger charge is 2.21. The van der Waals surface area contributed by atoms with Crippen LogP contribution < -0.4 is 10.2 Å². The number of halogens is 1. The molecule has 102 valence electrons. The Hall–Kier alpha value is -1.13. The molecule has 0 amide bonds. The fourth-order valence-electron chi connectivity index (χ4n) is 2.10. The molecule has 4 heteroatoms. The minimum atomic E-state index is -0.818. The number of nitrogens with one attached hydrogen (secondary N) is 1. The lowest BCUT2D eigenvalue weighted by Gasteiger charge is -2.30. The zero-order valence-electron chi connectivity index (χ0n) is 11.8. The van der Waals surface area contributed by atoms with Gasteiger partial charge < -0.3 is 15.3 Å². The second-order valence-corrected chi connectivity index (χ2v) is 5.35. The Labute approximate surface area is 109 Å². The first-order chi connectivity index (χ1) is 8.26. The predicted octanol–water partition coefficient (Wildman–Crippen LogP) is 2.31. The van der Waals surface area contributed by atoms with E-state index in [1.54, 1.807) is 27.0 Å². The smallest absolute Gasteiger partial charge is 0.130 e. The maximum Gasteiger partial charge on any atom is 0.130 e. The largest absolute Gasteiger partial charge is 0.389 e. The number of likely N-dealkylation sites (N-methyl/N-ethyl adjacent to an activating group) is 1. The molecule has 1 rings (SSSR count). The van der Waals surface area contributed by atoms with E-state index in [-0.39, 0.29) is 11.9 Å². The molecule has 0 aliphatic carbocycles. The SMILES string of the molecule is CNC(C)c1c(F)cccc1N(C)CC(C)(C)O.